The third-order valence-corrected chi connectivity index (χ3v) is 5.01. The first-order valence-electron chi connectivity index (χ1n) is 7.46. The molecule has 0 bridgehead atoms. The number of hydrazone groups is 1. The highest BCUT2D eigenvalue weighted by molar-refractivity contribution is 7.12. The van der Waals surface area contributed by atoms with E-state index in [1.54, 1.807) is 6.26 Å². The smallest absolute Gasteiger partial charge is 0.284 e. The lowest BCUT2D eigenvalue weighted by molar-refractivity contribution is 0.0698. The molecule has 2 aromatic heterocycles. The van der Waals surface area contributed by atoms with E-state index in [4.69, 9.17) is 16.0 Å². The lowest BCUT2D eigenvalue weighted by Crippen LogP contribution is -2.26. The lowest BCUT2D eigenvalue weighted by Gasteiger charge is -2.18. The molecule has 1 amide bonds. The minimum atomic E-state index is -0.236. The number of benzene rings is 1. The number of nitrogens with zero attached hydrogens (tertiary/aromatic N) is 2. The van der Waals surface area contributed by atoms with Crippen molar-refractivity contribution in [2.45, 2.75) is 12.5 Å². The molecule has 6 heteroatoms. The molecular weight excluding hydrogens is 344 g/mol. The molecule has 3 heterocycles. The first-order chi connectivity index (χ1) is 11.7. The van der Waals surface area contributed by atoms with E-state index in [1.807, 2.05) is 53.9 Å². The van der Waals surface area contributed by atoms with Crippen LogP contribution in [0.4, 0.5) is 0 Å². The minimum Gasteiger partial charge on any atom is -0.467 e. The van der Waals surface area contributed by atoms with Crippen LogP contribution in [0.15, 0.2) is 69.7 Å². The van der Waals surface area contributed by atoms with Gasteiger partial charge in [0.15, 0.2) is 0 Å². The Balaban J connectivity index is 1.71. The number of carbonyl (C=O) groups is 1. The van der Waals surface area contributed by atoms with Crippen molar-refractivity contribution in [1.29, 1.82) is 0 Å². The average Bonchev–Trinajstić information content (AvgIpc) is 3.34. The van der Waals surface area contributed by atoms with E-state index >= 15 is 0 Å². The summed E-state index contributed by atoms with van der Waals surface area (Å²) in [6.07, 6.45) is 2.22. The summed E-state index contributed by atoms with van der Waals surface area (Å²) < 4.78 is 5.53. The number of hydrogen-bond acceptors (Lipinski definition) is 4. The van der Waals surface area contributed by atoms with Crippen molar-refractivity contribution in [3.05, 3.63) is 81.4 Å². The Labute approximate surface area is 148 Å². The largest absolute Gasteiger partial charge is 0.467 e. The topological polar surface area (TPSA) is 45.8 Å². The minimum absolute atomic E-state index is 0.115. The first-order valence-corrected chi connectivity index (χ1v) is 8.72. The van der Waals surface area contributed by atoms with Crippen molar-refractivity contribution < 1.29 is 9.21 Å². The van der Waals surface area contributed by atoms with E-state index in [-0.39, 0.29) is 11.9 Å². The summed E-state index contributed by atoms with van der Waals surface area (Å²) in [5, 5.41) is 8.66. The van der Waals surface area contributed by atoms with Crippen LogP contribution in [0.5, 0.6) is 0 Å². The molecule has 1 aliphatic rings. The van der Waals surface area contributed by atoms with Crippen LogP contribution < -0.4 is 0 Å². The Morgan fingerprint density at radius 3 is 2.71 bits per heavy atom. The fraction of sp³-hybridized carbons (Fsp3) is 0.111. The monoisotopic (exact) mass is 356 g/mol. The van der Waals surface area contributed by atoms with Crippen molar-refractivity contribution in [2.24, 2.45) is 5.10 Å². The standard InChI is InChI=1S/C18H13ClN2O2S/c19-13-7-5-12(6-8-13)14-11-15(16-3-1-9-23-16)21(20-14)18(22)17-4-2-10-24-17/h1-10,15H,11H2/t15-/m0/s1. The van der Waals surface area contributed by atoms with Crippen molar-refractivity contribution in [3.8, 4) is 0 Å². The van der Waals surface area contributed by atoms with Crippen LogP contribution in [-0.2, 0) is 0 Å². The zero-order chi connectivity index (χ0) is 16.5. The molecule has 0 saturated carbocycles. The maximum atomic E-state index is 12.8. The number of furan rings is 1. The van der Waals surface area contributed by atoms with Gasteiger partial charge in [-0.25, -0.2) is 5.01 Å². The van der Waals surface area contributed by atoms with E-state index in [9.17, 15) is 4.79 Å². The van der Waals surface area contributed by atoms with Gasteiger partial charge in [-0.3, -0.25) is 4.79 Å². The average molecular weight is 357 g/mol. The van der Waals surface area contributed by atoms with Gasteiger partial charge in [0.2, 0.25) is 0 Å². The SMILES string of the molecule is O=C(c1cccs1)N1N=C(c2ccc(Cl)cc2)C[C@H]1c1ccco1. The van der Waals surface area contributed by atoms with Gasteiger partial charge in [-0.1, -0.05) is 29.8 Å². The quantitative estimate of drug-likeness (QED) is 0.664. The molecule has 0 saturated heterocycles. The molecule has 0 aliphatic carbocycles. The molecule has 0 fully saturated rings. The third-order valence-electron chi connectivity index (χ3n) is 3.90. The first kappa shape index (κ1) is 15.2. The molecule has 0 radical (unpaired) electrons. The maximum absolute atomic E-state index is 12.8. The molecule has 0 spiro atoms. The van der Waals surface area contributed by atoms with E-state index in [0.29, 0.717) is 16.3 Å². The van der Waals surface area contributed by atoms with Crippen LogP contribution in [0, 0.1) is 0 Å². The van der Waals surface area contributed by atoms with Gasteiger partial charge in [0.25, 0.3) is 5.91 Å². The Morgan fingerprint density at radius 1 is 1.21 bits per heavy atom. The van der Waals surface area contributed by atoms with Gasteiger partial charge in [-0.15, -0.1) is 11.3 Å². The third kappa shape index (κ3) is 2.77. The number of carbonyl (C=O) groups excluding carboxylic acids is 1. The lowest BCUT2D eigenvalue weighted by atomic mass is 10.0. The van der Waals surface area contributed by atoms with Crippen LogP contribution >= 0.6 is 22.9 Å². The van der Waals surface area contributed by atoms with Crippen molar-refractivity contribution in [2.75, 3.05) is 0 Å². The fourth-order valence-electron chi connectivity index (χ4n) is 2.73. The Bertz CT molecular complexity index is 870. The maximum Gasteiger partial charge on any atom is 0.284 e. The van der Waals surface area contributed by atoms with Crippen LogP contribution in [0.1, 0.15) is 33.5 Å². The second-order valence-electron chi connectivity index (χ2n) is 5.42. The summed E-state index contributed by atoms with van der Waals surface area (Å²) in [6.45, 7) is 0. The van der Waals surface area contributed by atoms with E-state index in [1.165, 1.54) is 16.3 Å². The van der Waals surface area contributed by atoms with E-state index in [0.717, 1.165) is 17.0 Å². The van der Waals surface area contributed by atoms with Crippen LogP contribution in [0.2, 0.25) is 5.02 Å². The molecular formula is C18H13ClN2O2S. The van der Waals surface area contributed by atoms with Crippen LogP contribution in [0.3, 0.4) is 0 Å². The second-order valence-corrected chi connectivity index (χ2v) is 6.80. The van der Waals surface area contributed by atoms with E-state index in [2.05, 4.69) is 5.10 Å². The Morgan fingerprint density at radius 2 is 2.04 bits per heavy atom. The fourth-order valence-corrected chi connectivity index (χ4v) is 3.51. The molecule has 1 aromatic carbocycles. The summed E-state index contributed by atoms with van der Waals surface area (Å²) in [6, 6.07) is 14.6. The highest BCUT2D eigenvalue weighted by atomic mass is 35.5. The number of hydrogen-bond donors (Lipinski definition) is 0. The van der Waals surface area contributed by atoms with Crippen molar-refractivity contribution in [3.63, 3.8) is 0 Å². The molecule has 0 N–H and O–H groups in total. The van der Waals surface area contributed by atoms with Gasteiger partial charge in [0.05, 0.1) is 16.9 Å². The van der Waals surface area contributed by atoms with Gasteiger partial charge < -0.3 is 4.42 Å². The normalized spacial score (nSPS) is 17.1. The second kappa shape index (κ2) is 6.26. The molecule has 1 atom stereocenters. The molecule has 1 aliphatic heterocycles. The van der Waals surface area contributed by atoms with Crippen molar-refractivity contribution in [1.82, 2.24) is 5.01 Å². The molecule has 0 unspecified atom stereocenters. The molecule has 120 valence electrons. The van der Waals surface area contributed by atoms with Gasteiger partial charge in [0, 0.05) is 11.4 Å². The summed E-state index contributed by atoms with van der Waals surface area (Å²) in [5.41, 5.74) is 1.80. The molecule has 3 aromatic rings. The van der Waals surface area contributed by atoms with Gasteiger partial charge in [-0.05, 0) is 41.3 Å². The Hall–Kier alpha value is -2.37. The Kier molecular flexibility index (Phi) is 3.96. The molecule has 4 rings (SSSR count). The predicted octanol–water partition coefficient (Wildman–Crippen LogP) is 4.99. The summed E-state index contributed by atoms with van der Waals surface area (Å²) >= 11 is 7.36. The van der Waals surface area contributed by atoms with Crippen molar-refractivity contribution >= 4 is 34.6 Å². The van der Waals surface area contributed by atoms with Gasteiger partial charge >= 0.3 is 0 Å². The highest BCUT2D eigenvalue weighted by Gasteiger charge is 2.35. The number of thiophene rings is 1. The zero-order valence-corrected chi connectivity index (χ0v) is 14.1. The number of halogens is 1. The summed E-state index contributed by atoms with van der Waals surface area (Å²) in [7, 11) is 0. The van der Waals surface area contributed by atoms with Gasteiger partial charge in [-0.2, -0.15) is 5.10 Å². The zero-order valence-electron chi connectivity index (χ0n) is 12.6. The molecule has 4 nitrogen and oxygen atoms in total. The predicted molar refractivity (Wildman–Crippen MR) is 94.5 cm³/mol. The number of rotatable bonds is 3. The highest BCUT2D eigenvalue weighted by Crippen LogP contribution is 2.34. The van der Waals surface area contributed by atoms with Gasteiger partial charge in [0.1, 0.15) is 11.8 Å². The van der Waals surface area contributed by atoms with Crippen LogP contribution in [0.25, 0.3) is 0 Å². The van der Waals surface area contributed by atoms with E-state index < -0.39 is 0 Å². The summed E-state index contributed by atoms with van der Waals surface area (Å²) in [5.74, 6) is 0.614. The number of amides is 1. The summed E-state index contributed by atoms with van der Waals surface area (Å²) in [4.78, 5) is 13.5. The van der Waals surface area contributed by atoms with Crippen LogP contribution in [-0.4, -0.2) is 16.6 Å². The molecule has 24 heavy (non-hydrogen) atoms.